The van der Waals surface area contributed by atoms with Crippen LogP contribution in [-0.4, -0.2) is 67.3 Å². The summed E-state index contributed by atoms with van der Waals surface area (Å²) >= 11 is 5.75. The maximum absolute atomic E-state index is 10.7. The Bertz CT molecular complexity index is 527. The number of carbonyl (C=O) groups is 1. The Kier molecular flexibility index (Phi) is 5.53. The van der Waals surface area contributed by atoms with Crippen molar-refractivity contribution in [3.05, 3.63) is 11.4 Å². The molecule has 4 atom stereocenters. The van der Waals surface area contributed by atoms with Gasteiger partial charge in [-0.1, -0.05) is 5.21 Å². The number of aliphatic hydroxyl groups is 3. The minimum Gasteiger partial charge on any atom is -0.443 e. The number of primary amides is 1. The molecule has 124 valence electrons. The number of rotatable bonds is 6. The van der Waals surface area contributed by atoms with Gasteiger partial charge in [-0.15, -0.1) is 16.7 Å². The molecule has 1 aliphatic heterocycles. The number of carbonyl (C=O) groups excluding carboxylic acids is 1. The van der Waals surface area contributed by atoms with Crippen molar-refractivity contribution in [1.82, 2.24) is 20.3 Å². The van der Waals surface area contributed by atoms with E-state index in [4.69, 9.17) is 27.2 Å². The summed E-state index contributed by atoms with van der Waals surface area (Å²) in [5, 5.41) is 39.5. The zero-order valence-corrected chi connectivity index (χ0v) is 12.3. The molecule has 2 rings (SSSR count). The Balaban J connectivity index is 2.12. The minimum absolute atomic E-state index is 0.0694. The van der Waals surface area contributed by atoms with Gasteiger partial charge in [0.15, 0.2) is 0 Å². The van der Waals surface area contributed by atoms with E-state index in [9.17, 15) is 15.0 Å². The summed E-state index contributed by atoms with van der Waals surface area (Å²) in [7, 11) is 0. The molecule has 10 nitrogen and oxygen atoms in total. The molecule has 0 saturated carbocycles. The molecule has 1 aromatic heterocycles. The Hall–Kier alpha value is -1.46. The van der Waals surface area contributed by atoms with Gasteiger partial charge in [0.2, 0.25) is 0 Å². The molecular formula is C11H18ClN5O5. The van der Waals surface area contributed by atoms with Crippen LogP contribution in [0.2, 0.25) is 0 Å². The summed E-state index contributed by atoms with van der Waals surface area (Å²) in [5.74, 6) is 0.0694. The minimum atomic E-state index is -1.09. The highest BCUT2D eigenvalue weighted by atomic mass is 35.5. The second-order valence-electron chi connectivity index (χ2n) is 4.95. The third kappa shape index (κ3) is 3.47. The molecule has 0 bridgehead atoms. The first-order chi connectivity index (χ1) is 10.5. The van der Waals surface area contributed by atoms with Gasteiger partial charge in [0, 0.05) is 0 Å². The van der Waals surface area contributed by atoms with Crippen molar-refractivity contribution in [3.63, 3.8) is 0 Å². The molecule has 1 saturated heterocycles. The molecule has 0 unspecified atom stereocenters. The van der Waals surface area contributed by atoms with E-state index in [0.717, 1.165) is 0 Å². The van der Waals surface area contributed by atoms with E-state index in [-0.39, 0.29) is 25.6 Å². The van der Waals surface area contributed by atoms with Gasteiger partial charge in [0.1, 0.15) is 18.0 Å². The number of amides is 1. The number of alkyl halides is 1. The average molecular weight is 336 g/mol. The van der Waals surface area contributed by atoms with Crippen molar-refractivity contribution < 1.29 is 24.9 Å². The Morgan fingerprint density at radius 2 is 2.09 bits per heavy atom. The van der Waals surface area contributed by atoms with E-state index in [1.54, 1.807) is 0 Å². The van der Waals surface area contributed by atoms with Crippen molar-refractivity contribution in [2.75, 3.05) is 6.61 Å². The van der Waals surface area contributed by atoms with Crippen LogP contribution in [-0.2, 0) is 23.8 Å². The van der Waals surface area contributed by atoms with Crippen LogP contribution in [0.25, 0.3) is 0 Å². The van der Waals surface area contributed by atoms with Gasteiger partial charge in [-0.05, 0) is 0 Å². The lowest BCUT2D eigenvalue weighted by Gasteiger charge is -2.17. The summed E-state index contributed by atoms with van der Waals surface area (Å²) in [4.78, 5) is 10.7. The highest BCUT2D eigenvalue weighted by Crippen LogP contribution is 2.18. The van der Waals surface area contributed by atoms with E-state index >= 15 is 0 Å². The van der Waals surface area contributed by atoms with Gasteiger partial charge in [-0.3, -0.25) is 0 Å². The Morgan fingerprint density at radius 1 is 1.41 bits per heavy atom. The monoisotopic (exact) mass is 335 g/mol. The lowest BCUT2D eigenvalue weighted by Crippen LogP contribution is -2.38. The van der Waals surface area contributed by atoms with Crippen molar-refractivity contribution in [2.45, 2.75) is 43.3 Å². The summed E-state index contributed by atoms with van der Waals surface area (Å²) in [6, 6.07) is -1.18. The van der Waals surface area contributed by atoms with E-state index < -0.39 is 30.4 Å². The third-order valence-electron chi connectivity index (χ3n) is 3.56. The molecule has 1 aromatic rings. The molecule has 1 amide bonds. The van der Waals surface area contributed by atoms with Crippen LogP contribution in [0.3, 0.4) is 0 Å². The van der Waals surface area contributed by atoms with Crippen LogP contribution in [0.15, 0.2) is 0 Å². The fourth-order valence-electron chi connectivity index (χ4n) is 2.37. The number of nitrogens with zero attached hydrogens (tertiary/aromatic N) is 3. The second-order valence-corrected chi connectivity index (χ2v) is 5.22. The zero-order valence-electron chi connectivity index (χ0n) is 11.6. The summed E-state index contributed by atoms with van der Waals surface area (Å²) in [6.45, 7) is -0.314. The first-order valence-corrected chi connectivity index (χ1v) is 7.13. The summed E-state index contributed by atoms with van der Waals surface area (Å²) in [5.41, 5.74) is 5.81. The molecule has 22 heavy (non-hydrogen) atoms. The third-order valence-corrected chi connectivity index (χ3v) is 3.82. The second kappa shape index (κ2) is 7.20. The molecule has 6 N–H and O–H groups in total. The zero-order chi connectivity index (χ0) is 16.3. The van der Waals surface area contributed by atoms with Crippen LogP contribution in [0.1, 0.15) is 11.4 Å². The fourth-order valence-corrected chi connectivity index (χ4v) is 2.58. The SMILES string of the molecule is NC(=O)OCc1c(CCl)nnn1C[C@H]1N[C@H](CO)[C@@H](O)[C@@H]1O. The maximum Gasteiger partial charge on any atom is 0.404 e. The number of nitrogens with two attached hydrogens (primary N) is 1. The Labute approximate surface area is 130 Å². The molecular weight excluding hydrogens is 318 g/mol. The van der Waals surface area contributed by atoms with Crippen LogP contribution in [0.4, 0.5) is 4.79 Å². The van der Waals surface area contributed by atoms with Crippen LogP contribution in [0.5, 0.6) is 0 Å². The van der Waals surface area contributed by atoms with E-state index in [1.807, 2.05) is 0 Å². The normalized spacial score (nSPS) is 28.0. The molecule has 1 fully saturated rings. The van der Waals surface area contributed by atoms with Gasteiger partial charge in [-0.25, -0.2) is 9.48 Å². The van der Waals surface area contributed by atoms with Crippen molar-refractivity contribution in [2.24, 2.45) is 5.73 Å². The Morgan fingerprint density at radius 3 is 2.64 bits per heavy atom. The maximum atomic E-state index is 10.7. The number of hydrogen-bond donors (Lipinski definition) is 5. The molecule has 11 heteroatoms. The van der Waals surface area contributed by atoms with Gasteiger partial charge in [0.05, 0.1) is 43.3 Å². The number of ether oxygens (including phenoxy) is 1. The van der Waals surface area contributed by atoms with Crippen LogP contribution >= 0.6 is 11.6 Å². The van der Waals surface area contributed by atoms with Crippen LogP contribution in [0, 0.1) is 0 Å². The van der Waals surface area contributed by atoms with Gasteiger partial charge < -0.3 is 31.1 Å². The molecule has 2 heterocycles. The highest BCUT2D eigenvalue weighted by molar-refractivity contribution is 6.16. The fraction of sp³-hybridized carbons (Fsp3) is 0.727. The number of halogens is 1. The smallest absolute Gasteiger partial charge is 0.404 e. The first-order valence-electron chi connectivity index (χ1n) is 6.60. The largest absolute Gasteiger partial charge is 0.443 e. The highest BCUT2D eigenvalue weighted by Gasteiger charge is 2.41. The number of hydrogen-bond acceptors (Lipinski definition) is 8. The number of aromatic nitrogens is 3. The standard InChI is InChI=1S/C11H18ClN5O5/c12-1-5-8(4-22-11(13)21)17(16-15-5)2-6-9(19)10(20)7(3-18)14-6/h6-7,9-10,14,18-20H,1-4H2,(H2,13,21)/t6-,7-,9-,10-/m1/s1. The van der Waals surface area contributed by atoms with Crippen LogP contribution < -0.4 is 11.1 Å². The topological polar surface area (TPSA) is 156 Å². The van der Waals surface area contributed by atoms with E-state index in [0.29, 0.717) is 11.4 Å². The lowest BCUT2D eigenvalue weighted by atomic mass is 10.1. The first kappa shape index (κ1) is 16.9. The summed E-state index contributed by atoms with van der Waals surface area (Å²) in [6.07, 6.45) is -3.11. The quantitative estimate of drug-likeness (QED) is 0.362. The predicted molar refractivity (Wildman–Crippen MR) is 73.8 cm³/mol. The van der Waals surface area contributed by atoms with Crippen molar-refractivity contribution >= 4 is 17.7 Å². The average Bonchev–Trinajstić information content (AvgIpc) is 3.00. The van der Waals surface area contributed by atoms with E-state index in [1.165, 1.54) is 4.68 Å². The molecule has 0 spiro atoms. The lowest BCUT2D eigenvalue weighted by molar-refractivity contribution is 0.0173. The van der Waals surface area contributed by atoms with Crippen molar-refractivity contribution in [1.29, 1.82) is 0 Å². The number of nitrogens with one attached hydrogen (secondary N) is 1. The summed E-state index contributed by atoms with van der Waals surface area (Å²) < 4.78 is 6.14. The van der Waals surface area contributed by atoms with E-state index in [2.05, 4.69) is 15.6 Å². The van der Waals surface area contributed by atoms with Crippen molar-refractivity contribution in [3.8, 4) is 0 Å². The van der Waals surface area contributed by atoms with Gasteiger partial charge in [0.25, 0.3) is 0 Å². The number of aliphatic hydroxyl groups excluding tert-OH is 3. The van der Waals surface area contributed by atoms with Gasteiger partial charge in [-0.2, -0.15) is 0 Å². The molecule has 1 aliphatic rings. The van der Waals surface area contributed by atoms with Gasteiger partial charge >= 0.3 is 6.09 Å². The molecule has 0 radical (unpaired) electrons. The predicted octanol–water partition coefficient (Wildman–Crippen LogP) is -2.33. The molecule has 0 aromatic carbocycles. The molecule has 0 aliphatic carbocycles.